The third-order valence-corrected chi connectivity index (χ3v) is 18.4. The van der Waals surface area contributed by atoms with Crippen LogP contribution < -0.4 is 10.2 Å². The Balaban J connectivity index is 2.72. The molecule has 2 rings (SSSR count). The van der Waals surface area contributed by atoms with E-state index in [2.05, 4.69) is 108 Å². The van der Waals surface area contributed by atoms with Crippen molar-refractivity contribution in [2.45, 2.75) is 143 Å². The fourth-order valence-corrected chi connectivity index (χ4v) is 8.10. The summed E-state index contributed by atoms with van der Waals surface area (Å²) < 4.78 is 14.2. The highest BCUT2D eigenvalue weighted by molar-refractivity contribution is 6.74. The SMILES string of the molecule is CN(C)c1cccc(C(=O)N2C[C@H](O[Si](C)(C)C(C)(C)C)[C@@H](O[Si](C)(C)C(C)(C)C)C2C(=O)NC(C)(C)CC(C)(C)C)c1. The van der Waals surface area contributed by atoms with E-state index in [-0.39, 0.29) is 27.3 Å². The summed E-state index contributed by atoms with van der Waals surface area (Å²) in [5.41, 5.74) is 1.02. The van der Waals surface area contributed by atoms with Crippen LogP contribution in [0.5, 0.6) is 0 Å². The molecule has 1 heterocycles. The second-order valence-electron chi connectivity index (χ2n) is 17.7. The summed E-state index contributed by atoms with van der Waals surface area (Å²) in [5, 5.41) is 3.21. The van der Waals surface area contributed by atoms with Crippen LogP contribution in [0.15, 0.2) is 24.3 Å². The number of carbonyl (C=O) groups excluding carboxylic acids is 2. The van der Waals surface area contributed by atoms with Gasteiger partial charge in [-0.2, -0.15) is 0 Å². The molecule has 2 amide bonds. The first kappa shape index (κ1) is 37.5. The first-order chi connectivity index (χ1) is 19.1. The molecule has 0 radical (unpaired) electrons. The molecule has 1 unspecified atom stereocenters. The Bertz CT molecular complexity index is 1140. The number of anilines is 1. The van der Waals surface area contributed by atoms with E-state index < -0.39 is 40.4 Å². The van der Waals surface area contributed by atoms with E-state index in [1.807, 2.05) is 43.3 Å². The smallest absolute Gasteiger partial charge is 0.254 e. The number of carbonyl (C=O) groups is 2. The van der Waals surface area contributed by atoms with Crippen LogP contribution in [0.1, 0.15) is 92.9 Å². The van der Waals surface area contributed by atoms with Gasteiger partial charge < -0.3 is 24.0 Å². The van der Waals surface area contributed by atoms with Crippen molar-refractivity contribution in [3.63, 3.8) is 0 Å². The summed E-state index contributed by atoms with van der Waals surface area (Å²) in [4.78, 5) is 32.6. The molecule has 1 aromatic rings. The highest BCUT2D eigenvalue weighted by Crippen LogP contribution is 2.43. The lowest BCUT2D eigenvalue weighted by atomic mass is 9.81. The molecule has 1 aliphatic heterocycles. The molecule has 3 atom stereocenters. The average Bonchev–Trinajstić information content (AvgIpc) is 3.11. The monoisotopic (exact) mass is 633 g/mol. The Morgan fingerprint density at radius 2 is 1.40 bits per heavy atom. The van der Waals surface area contributed by atoms with Crippen molar-refractivity contribution >= 4 is 34.1 Å². The summed E-state index contributed by atoms with van der Waals surface area (Å²) in [7, 11) is -0.744. The standard InChI is InChI=1S/C34H63N3O4Si2/c1-31(2,3)23-34(10,11)35-29(38)27-28(41-43(16,17)33(7,8)9)26(40-42(14,15)32(4,5)6)22-37(27)30(39)24-19-18-20-25(21-24)36(12)13/h18-21,26-28H,22-23H2,1-17H3,(H,35,38)/t26-,27?,28+/m0/s1. The van der Waals surface area contributed by atoms with Gasteiger partial charge in [0, 0.05) is 37.4 Å². The maximum absolute atomic E-state index is 14.5. The molecular weight excluding hydrogens is 571 g/mol. The van der Waals surface area contributed by atoms with Gasteiger partial charge in [-0.05, 0) is 80.1 Å². The average molecular weight is 634 g/mol. The molecule has 1 aliphatic rings. The van der Waals surface area contributed by atoms with Crippen molar-refractivity contribution in [3.8, 4) is 0 Å². The fraction of sp³-hybridized carbons (Fsp3) is 0.765. The summed E-state index contributed by atoms with van der Waals surface area (Å²) in [6, 6.07) is 6.78. The highest BCUT2D eigenvalue weighted by Gasteiger charge is 2.55. The Morgan fingerprint density at radius 3 is 1.86 bits per heavy atom. The van der Waals surface area contributed by atoms with Crippen LogP contribution in [0.3, 0.4) is 0 Å². The second-order valence-corrected chi connectivity index (χ2v) is 27.2. The number of likely N-dealkylation sites (tertiary alicyclic amines) is 1. The molecule has 1 N–H and O–H groups in total. The number of hydrogen-bond donors (Lipinski definition) is 1. The van der Waals surface area contributed by atoms with Gasteiger partial charge in [0.15, 0.2) is 16.6 Å². The lowest BCUT2D eigenvalue weighted by molar-refractivity contribution is -0.129. The number of hydrogen-bond acceptors (Lipinski definition) is 5. The maximum atomic E-state index is 14.5. The van der Waals surface area contributed by atoms with Gasteiger partial charge in [0.05, 0.1) is 6.10 Å². The predicted octanol–water partition coefficient (Wildman–Crippen LogP) is 7.69. The Hall–Kier alpha value is -1.69. The molecule has 9 heteroatoms. The van der Waals surface area contributed by atoms with Crippen molar-refractivity contribution in [2.24, 2.45) is 5.41 Å². The van der Waals surface area contributed by atoms with Crippen molar-refractivity contribution in [1.29, 1.82) is 0 Å². The van der Waals surface area contributed by atoms with E-state index in [1.54, 1.807) is 4.90 Å². The van der Waals surface area contributed by atoms with Gasteiger partial charge in [0.2, 0.25) is 5.91 Å². The van der Waals surface area contributed by atoms with Crippen LogP contribution in [-0.4, -0.2) is 77.8 Å². The lowest BCUT2D eigenvalue weighted by Crippen LogP contribution is -2.59. The van der Waals surface area contributed by atoms with Gasteiger partial charge in [-0.3, -0.25) is 9.59 Å². The third-order valence-electron chi connectivity index (χ3n) is 9.45. The third kappa shape index (κ3) is 9.41. The van der Waals surface area contributed by atoms with Crippen LogP contribution in [0.4, 0.5) is 5.69 Å². The van der Waals surface area contributed by atoms with Gasteiger partial charge in [-0.15, -0.1) is 0 Å². The second kappa shape index (κ2) is 12.6. The first-order valence-corrected chi connectivity index (χ1v) is 21.7. The van der Waals surface area contributed by atoms with E-state index in [0.29, 0.717) is 12.1 Å². The van der Waals surface area contributed by atoms with Crippen molar-refractivity contribution in [2.75, 3.05) is 25.5 Å². The van der Waals surface area contributed by atoms with E-state index in [1.165, 1.54) is 0 Å². The van der Waals surface area contributed by atoms with E-state index in [9.17, 15) is 9.59 Å². The minimum Gasteiger partial charge on any atom is -0.409 e. The maximum Gasteiger partial charge on any atom is 0.254 e. The van der Waals surface area contributed by atoms with Gasteiger partial charge in [0.1, 0.15) is 12.1 Å². The summed E-state index contributed by atoms with van der Waals surface area (Å²) >= 11 is 0. The van der Waals surface area contributed by atoms with Crippen LogP contribution >= 0.6 is 0 Å². The number of nitrogens with one attached hydrogen (secondary N) is 1. The minimum atomic E-state index is -2.37. The van der Waals surface area contributed by atoms with Gasteiger partial charge in [-0.25, -0.2) is 0 Å². The van der Waals surface area contributed by atoms with Crippen molar-refractivity contribution < 1.29 is 18.4 Å². The van der Waals surface area contributed by atoms with Crippen molar-refractivity contribution in [3.05, 3.63) is 29.8 Å². The summed E-state index contributed by atoms with van der Waals surface area (Å²) in [5.74, 6) is -0.362. The lowest BCUT2D eigenvalue weighted by Gasteiger charge is -2.44. The number of rotatable bonds is 9. The van der Waals surface area contributed by atoms with Gasteiger partial charge >= 0.3 is 0 Å². The van der Waals surface area contributed by atoms with Gasteiger partial charge in [0.25, 0.3) is 5.91 Å². The minimum absolute atomic E-state index is 0.0135. The number of amides is 2. The van der Waals surface area contributed by atoms with Crippen LogP contribution in [0.25, 0.3) is 0 Å². The molecule has 0 bridgehead atoms. The molecule has 1 saturated heterocycles. The van der Waals surface area contributed by atoms with Gasteiger partial charge in [-0.1, -0.05) is 68.4 Å². The largest absolute Gasteiger partial charge is 0.409 e. The van der Waals surface area contributed by atoms with Crippen LogP contribution in [-0.2, 0) is 13.6 Å². The molecule has 43 heavy (non-hydrogen) atoms. The Labute approximate surface area is 265 Å². The quantitative estimate of drug-likeness (QED) is 0.282. The molecule has 1 fully saturated rings. The topological polar surface area (TPSA) is 71.1 Å². The normalized spacial score (nSPS) is 20.8. The summed E-state index contributed by atoms with van der Waals surface area (Å²) in [6.07, 6.45) is -0.214. The van der Waals surface area contributed by atoms with E-state index in [0.717, 1.165) is 12.1 Å². The Morgan fingerprint density at radius 1 is 0.884 bits per heavy atom. The molecule has 0 aliphatic carbocycles. The number of benzene rings is 1. The fourth-order valence-electron chi connectivity index (χ4n) is 5.47. The van der Waals surface area contributed by atoms with Crippen molar-refractivity contribution in [1.82, 2.24) is 10.2 Å². The highest BCUT2D eigenvalue weighted by atomic mass is 28.4. The molecule has 7 nitrogen and oxygen atoms in total. The molecular formula is C34H63N3O4Si2. The molecule has 0 spiro atoms. The summed E-state index contributed by atoms with van der Waals surface area (Å²) in [6.45, 7) is 33.1. The molecule has 246 valence electrons. The number of nitrogens with zero attached hydrogens (tertiary/aromatic N) is 2. The zero-order valence-corrected chi connectivity index (χ0v) is 32.5. The molecule has 0 saturated carbocycles. The zero-order valence-electron chi connectivity index (χ0n) is 30.5. The predicted molar refractivity (Wildman–Crippen MR) is 186 cm³/mol. The van der Waals surface area contributed by atoms with E-state index >= 15 is 0 Å². The zero-order chi connectivity index (χ0) is 33.6. The first-order valence-electron chi connectivity index (χ1n) is 15.8. The van der Waals surface area contributed by atoms with E-state index in [4.69, 9.17) is 8.85 Å². The molecule has 1 aromatic carbocycles. The van der Waals surface area contributed by atoms with Crippen LogP contribution in [0.2, 0.25) is 36.3 Å². The van der Waals surface area contributed by atoms with Crippen LogP contribution in [0, 0.1) is 5.41 Å². The Kier molecular flexibility index (Phi) is 11.0. The molecule has 0 aromatic heterocycles.